The van der Waals surface area contributed by atoms with Gasteiger partial charge in [0.1, 0.15) is 6.23 Å². The lowest BCUT2D eigenvalue weighted by Gasteiger charge is -2.36. The zero-order chi connectivity index (χ0) is 17.9. The topological polar surface area (TPSA) is 84.1 Å². The summed E-state index contributed by atoms with van der Waals surface area (Å²) in [6.45, 7) is 4.34. The maximum atomic E-state index is 11.6. The van der Waals surface area contributed by atoms with E-state index in [1.165, 1.54) is 13.5 Å². The molecule has 8 heteroatoms. The van der Waals surface area contributed by atoms with Gasteiger partial charge in [0.2, 0.25) is 0 Å². The van der Waals surface area contributed by atoms with Gasteiger partial charge in [0, 0.05) is 31.7 Å². The molecule has 3 N–H and O–H groups in total. The number of amides is 1. The Hall–Kier alpha value is -0.930. The van der Waals surface area contributed by atoms with E-state index in [0.717, 1.165) is 58.5 Å². The highest BCUT2D eigenvalue weighted by molar-refractivity contribution is 5.67. The zero-order valence-corrected chi connectivity index (χ0v) is 15.6. The highest BCUT2D eigenvalue weighted by atomic mass is 16.7. The van der Waals surface area contributed by atoms with Crippen molar-refractivity contribution >= 4 is 6.09 Å². The van der Waals surface area contributed by atoms with Gasteiger partial charge in [-0.25, -0.2) is 4.79 Å². The number of piperidine rings is 2. The van der Waals surface area contributed by atoms with Crippen molar-refractivity contribution in [3.63, 3.8) is 0 Å². The molecule has 4 fully saturated rings. The van der Waals surface area contributed by atoms with Crippen LogP contribution in [0, 0.1) is 17.8 Å². The molecular formula is C18H32N4O4. The number of nitrogens with one attached hydrogen (secondary N) is 3. The molecule has 148 valence electrons. The van der Waals surface area contributed by atoms with Crippen LogP contribution < -0.4 is 16.1 Å². The molecule has 8 nitrogen and oxygen atoms in total. The van der Waals surface area contributed by atoms with Crippen LogP contribution in [0.4, 0.5) is 4.79 Å². The summed E-state index contributed by atoms with van der Waals surface area (Å²) in [6, 6.07) is 0.558. The number of likely N-dealkylation sites (tertiary alicyclic amines) is 1. The van der Waals surface area contributed by atoms with Crippen LogP contribution in [-0.2, 0) is 14.3 Å². The molecule has 4 rings (SSSR count). The van der Waals surface area contributed by atoms with Crippen LogP contribution in [0.25, 0.3) is 0 Å². The maximum absolute atomic E-state index is 11.6. The Balaban J connectivity index is 1.25. The second kappa shape index (κ2) is 8.39. The third-order valence-corrected chi connectivity index (χ3v) is 6.55. The summed E-state index contributed by atoms with van der Waals surface area (Å²) >= 11 is 0. The summed E-state index contributed by atoms with van der Waals surface area (Å²) in [5.74, 6) is 1.65. The quantitative estimate of drug-likeness (QED) is 0.674. The van der Waals surface area contributed by atoms with Crippen molar-refractivity contribution in [3.8, 4) is 0 Å². The molecule has 4 saturated heterocycles. The summed E-state index contributed by atoms with van der Waals surface area (Å²) in [5.41, 5.74) is 3.25. The zero-order valence-electron chi connectivity index (χ0n) is 15.6. The molecule has 0 aromatic carbocycles. The molecule has 4 aliphatic heterocycles. The first-order chi connectivity index (χ1) is 12.7. The second-order valence-electron chi connectivity index (χ2n) is 8.06. The number of nitrogens with zero attached hydrogens (tertiary/aromatic N) is 1. The van der Waals surface area contributed by atoms with Crippen molar-refractivity contribution in [3.05, 3.63) is 0 Å². The molecule has 0 spiro atoms. The molecule has 0 aromatic rings. The summed E-state index contributed by atoms with van der Waals surface area (Å²) in [5, 5.41) is 7.36. The van der Waals surface area contributed by atoms with Crippen LogP contribution in [-0.4, -0.2) is 69.4 Å². The van der Waals surface area contributed by atoms with Gasteiger partial charge >= 0.3 is 6.09 Å². The molecule has 1 amide bonds. The second-order valence-corrected chi connectivity index (χ2v) is 8.06. The SMILES string of the molecule is COC(=O)N1CCC(C2NC(C3CCNC(C4CCOC4)C3)NO2)CC1. The van der Waals surface area contributed by atoms with E-state index in [4.69, 9.17) is 14.3 Å². The minimum absolute atomic E-state index is 0.0305. The average molecular weight is 368 g/mol. The molecule has 4 heterocycles. The molecule has 26 heavy (non-hydrogen) atoms. The predicted octanol–water partition coefficient (Wildman–Crippen LogP) is 0.646. The summed E-state index contributed by atoms with van der Waals surface area (Å²) in [7, 11) is 1.44. The molecule has 0 aromatic heterocycles. The fourth-order valence-corrected chi connectivity index (χ4v) is 4.88. The first-order valence-corrected chi connectivity index (χ1v) is 10.1. The maximum Gasteiger partial charge on any atom is 0.409 e. The van der Waals surface area contributed by atoms with Crippen molar-refractivity contribution in [1.29, 1.82) is 0 Å². The monoisotopic (exact) mass is 368 g/mol. The molecular weight excluding hydrogens is 336 g/mol. The molecule has 4 aliphatic rings. The minimum Gasteiger partial charge on any atom is -0.453 e. The Kier molecular flexibility index (Phi) is 5.95. The third-order valence-electron chi connectivity index (χ3n) is 6.55. The largest absolute Gasteiger partial charge is 0.453 e. The molecule has 0 saturated carbocycles. The van der Waals surface area contributed by atoms with Crippen molar-refractivity contribution in [2.45, 2.75) is 50.5 Å². The minimum atomic E-state index is -0.226. The molecule has 5 atom stereocenters. The Morgan fingerprint density at radius 3 is 2.69 bits per heavy atom. The van der Waals surface area contributed by atoms with Crippen LogP contribution in [0.15, 0.2) is 0 Å². The van der Waals surface area contributed by atoms with Gasteiger partial charge in [-0.3, -0.25) is 10.2 Å². The number of carbonyl (C=O) groups is 1. The highest BCUT2D eigenvalue weighted by Crippen LogP contribution is 2.30. The number of hydrogen-bond donors (Lipinski definition) is 3. The Morgan fingerprint density at radius 2 is 1.96 bits per heavy atom. The van der Waals surface area contributed by atoms with Crippen LogP contribution in [0.5, 0.6) is 0 Å². The summed E-state index contributed by atoms with van der Waals surface area (Å²) in [4.78, 5) is 19.3. The first kappa shape index (κ1) is 18.4. The first-order valence-electron chi connectivity index (χ1n) is 10.1. The van der Waals surface area contributed by atoms with E-state index in [0.29, 0.717) is 23.8 Å². The average Bonchev–Trinajstić information content (AvgIpc) is 3.40. The standard InChI is InChI=1S/C18H32N4O4/c1-24-18(23)22-7-3-12(4-8-22)17-20-16(21-26-17)13-2-6-19-15(10-13)14-5-9-25-11-14/h12-17,19-21H,2-11H2,1H3. The predicted molar refractivity (Wildman–Crippen MR) is 95.1 cm³/mol. The Labute approximate surface area is 155 Å². The fraction of sp³-hybridized carbons (Fsp3) is 0.944. The number of methoxy groups -OCH3 is 1. The van der Waals surface area contributed by atoms with Gasteiger partial charge in [-0.1, -0.05) is 0 Å². The van der Waals surface area contributed by atoms with Crippen molar-refractivity contribution in [1.82, 2.24) is 21.0 Å². The summed E-state index contributed by atoms with van der Waals surface area (Å²) < 4.78 is 10.4. The van der Waals surface area contributed by atoms with E-state index in [1.54, 1.807) is 4.90 Å². The van der Waals surface area contributed by atoms with Gasteiger partial charge in [0.05, 0.1) is 19.9 Å². The van der Waals surface area contributed by atoms with Gasteiger partial charge in [0.15, 0.2) is 0 Å². The number of ether oxygens (including phenoxy) is 2. The van der Waals surface area contributed by atoms with Gasteiger partial charge in [0.25, 0.3) is 0 Å². The highest BCUT2D eigenvalue weighted by Gasteiger charge is 2.40. The number of hydrogen-bond acceptors (Lipinski definition) is 7. The van der Waals surface area contributed by atoms with E-state index < -0.39 is 0 Å². The van der Waals surface area contributed by atoms with E-state index in [1.807, 2.05) is 0 Å². The van der Waals surface area contributed by atoms with Crippen LogP contribution >= 0.6 is 0 Å². The van der Waals surface area contributed by atoms with Gasteiger partial charge < -0.3 is 19.7 Å². The third kappa shape index (κ3) is 3.99. The van der Waals surface area contributed by atoms with Crippen molar-refractivity contribution in [2.24, 2.45) is 17.8 Å². The van der Waals surface area contributed by atoms with Crippen molar-refractivity contribution in [2.75, 3.05) is 40.0 Å². The molecule has 0 bridgehead atoms. The van der Waals surface area contributed by atoms with Gasteiger partial charge in [-0.2, -0.15) is 5.48 Å². The van der Waals surface area contributed by atoms with Crippen LogP contribution in [0.2, 0.25) is 0 Å². The smallest absolute Gasteiger partial charge is 0.409 e. The summed E-state index contributed by atoms with van der Waals surface area (Å²) in [6.07, 6.45) is 5.39. The van der Waals surface area contributed by atoms with Crippen LogP contribution in [0.3, 0.4) is 0 Å². The normalized spacial score (nSPS) is 39.3. The van der Waals surface area contributed by atoms with E-state index in [-0.39, 0.29) is 18.5 Å². The van der Waals surface area contributed by atoms with E-state index in [9.17, 15) is 4.79 Å². The Morgan fingerprint density at radius 1 is 1.12 bits per heavy atom. The lowest BCUT2D eigenvalue weighted by Crippen LogP contribution is -2.51. The van der Waals surface area contributed by atoms with Crippen LogP contribution in [0.1, 0.15) is 32.1 Å². The number of rotatable bonds is 3. The van der Waals surface area contributed by atoms with E-state index >= 15 is 0 Å². The Bertz CT molecular complexity index is 480. The van der Waals surface area contributed by atoms with Gasteiger partial charge in [-0.05, 0) is 50.5 Å². The lowest BCUT2D eigenvalue weighted by molar-refractivity contribution is -0.0293. The molecule has 0 aliphatic carbocycles. The van der Waals surface area contributed by atoms with E-state index in [2.05, 4.69) is 16.1 Å². The number of carbonyl (C=O) groups excluding carboxylic acids is 1. The number of hydroxylamine groups is 1. The molecule has 0 radical (unpaired) electrons. The fourth-order valence-electron chi connectivity index (χ4n) is 4.88. The van der Waals surface area contributed by atoms with Crippen molar-refractivity contribution < 1.29 is 19.1 Å². The van der Waals surface area contributed by atoms with Gasteiger partial charge in [-0.15, -0.1) is 0 Å². The lowest BCUT2D eigenvalue weighted by atomic mass is 9.83. The molecule has 5 unspecified atom stereocenters.